The molecule has 0 atom stereocenters. The average Bonchev–Trinajstić information content (AvgIpc) is 3.03. The van der Waals surface area contributed by atoms with E-state index in [0.717, 1.165) is 18.4 Å². The number of carbonyl (C=O) groups is 1. The summed E-state index contributed by atoms with van der Waals surface area (Å²) in [5, 5.41) is 0.633. The third-order valence-corrected chi connectivity index (χ3v) is 5.31. The number of rotatable bonds is 8. The predicted molar refractivity (Wildman–Crippen MR) is 118 cm³/mol. The molecule has 7 heteroatoms. The highest BCUT2D eigenvalue weighted by atomic mass is 32.2. The van der Waals surface area contributed by atoms with Gasteiger partial charge in [-0.25, -0.2) is 9.98 Å². The van der Waals surface area contributed by atoms with E-state index in [1.165, 1.54) is 11.8 Å². The van der Waals surface area contributed by atoms with E-state index in [2.05, 4.69) is 16.9 Å². The van der Waals surface area contributed by atoms with Crippen LogP contribution in [0.2, 0.25) is 0 Å². The normalized spacial score (nSPS) is 16.7. The number of benzene rings is 1. The van der Waals surface area contributed by atoms with Crippen LogP contribution in [0.3, 0.4) is 0 Å². The number of hydrogen-bond donors (Lipinski definition) is 0. The van der Waals surface area contributed by atoms with E-state index in [-0.39, 0.29) is 5.91 Å². The Bertz CT molecular complexity index is 913. The predicted octanol–water partition coefficient (Wildman–Crippen LogP) is 4.89. The van der Waals surface area contributed by atoms with Crippen molar-refractivity contribution in [2.24, 2.45) is 4.99 Å². The Balaban J connectivity index is 1.84. The molecule has 1 saturated heterocycles. The number of hydrogen-bond acceptors (Lipinski definition) is 6. The number of aliphatic imine (C=N–C) groups is 1. The van der Waals surface area contributed by atoms with Gasteiger partial charge in [0.1, 0.15) is 0 Å². The standard InChI is InChI=1S/C22H25N3O3S/c1-4-6-13-28-17-11-10-16(14-18(17)27-3)15-19-21(26)25(5-2)22(29-19)24-20-9-7-8-12-23-20/h7-12,14-15H,4-6,13H2,1-3H3/b19-15-,24-22+. The first-order chi connectivity index (χ1) is 14.2. The Hall–Kier alpha value is -2.80. The monoisotopic (exact) mass is 411 g/mol. The number of methoxy groups -OCH3 is 1. The summed E-state index contributed by atoms with van der Waals surface area (Å²) in [7, 11) is 1.62. The second kappa shape index (κ2) is 10.1. The molecular formula is C22H25N3O3S. The molecule has 1 aliphatic heterocycles. The maximum atomic E-state index is 12.8. The van der Waals surface area contributed by atoms with Gasteiger partial charge in [-0.3, -0.25) is 9.69 Å². The third-order valence-electron chi connectivity index (χ3n) is 4.30. The minimum atomic E-state index is -0.0607. The van der Waals surface area contributed by atoms with Gasteiger partial charge < -0.3 is 9.47 Å². The number of pyridine rings is 1. The average molecular weight is 412 g/mol. The van der Waals surface area contributed by atoms with Crippen LogP contribution in [0.25, 0.3) is 6.08 Å². The molecule has 2 aromatic rings. The maximum absolute atomic E-state index is 12.8. The smallest absolute Gasteiger partial charge is 0.266 e. The van der Waals surface area contributed by atoms with Crippen molar-refractivity contribution in [2.75, 3.05) is 20.3 Å². The lowest BCUT2D eigenvalue weighted by molar-refractivity contribution is -0.122. The SMILES string of the molecule is CCCCOc1ccc(/C=C2\S/C(=N/c3ccccn3)N(CC)C2=O)cc1OC. The molecule has 0 spiro atoms. The first-order valence-electron chi connectivity index (χ1n) is 9.68. The Morgan fingerprint density at radius 1 is 1.21 bits per heavy atom. The molecular weight excluding hydrogens is 386 g/mol. The van der Waals surface area contributed by atoms with Crippen molar-refractivity contribution in [2.45, 2.75) is 26.7 Å². The molecule has 1 aromatic carbocycles. The molecule has 0 N–H and O–H groups in total. The van der Waals surface area contributed by atoms with Gasteiger partial charge in [0.25, 0.3) is 5.91 Å². The van der Waals surface area contributed by atoms with E-state index in [0.29, 0.717) is 40.5 Å². The van der Waals surface area contributed by atoms with Crippen molar-refractivity contribution in [3.63, 3.8) is 0 Å². The van der Waals surface area contributed by atoms with Gasteiger partial charge in [0.2, 0.25) is 0 Å². The van der Waals surface area contributed by atoms with Crippen LogP contribution in [0.5, 0.6) is 11.5 Å². The number of aromatic nitrogens is 1. The van der Waals surface area contributed by atoms with Gasteiger partial charge >= 0.3 is 0 Å². The minimum absolute atomic E-state index is 0.0607. The lowest BCUT2D eigenvalue weighted by Gasteiger charge is -2.12. The zero-order valence-corrected chi connectivity index (χ0v) is 17.7. The summed E-state index contributed by atoms with van der Waals surface area (Å²) in [6.45, 7) is 5.25. The molecule has 3 rings (SSSR count). The van der Waals surface area contributed by atoms with Gasteiger partial charge in [0.15, 0.2) is 22.5 Å². The first kappa shape index (κ1) is 20.9. The third kappa shape index (κ3) is 5.17. The first-order valence-corrected chi connectivity index (χ1v) is 10.5. The van der Waals surface area contributed by atoms with Crippen molar-refractivity contribution in [1.82, 2.24) is 9.88 Å². The number of nitrogens with zero attached hydrogens (tertiary/aromatic N) is 3. The van der Waals surface area contributed by atoms with Gasteiger partial charge in [-0.05, 0) is 61.0 Å². The second-order valence-electron chi connectivity index (χ2n) is 6.35. The Morgan fingerprint density at radius 3 is 2.76 bits per heavy atom. The van der Waals surface area contributed by atoms with Crippen LogP contribution in [0.1, 0.15) is 32.3 Å². The minimum Gasteiger partial charge on any atom is -0.493 e. The highest BCUT2D eigenvalue weighted by molar-refractivity contribution is 8.18. The van der Waals surface area contributed by atoms with Crippen LogP contribution in [-0.2, 0) is 4.79 Å². The van der Waals surface area contributed by atoms with Crippen LogP contribution >= 0.6 is 11.8 Å². The van der Waals surface area contributed by atoms with Gasteiger partial charge in [0.05, 0.1) is 18.6 Å². The van der Waals surface area contributed by atoms with Gasteiger partial charge in [-0.2, -0.15) is 0 Å². The van der Waals surface area contributed by atoms with Crippen molar-refractivity contribution in [3.8, 4) is 11.5 Å². The zero-order chi connectivity index (χ0) is 20.6. The highest BCUT2D eigenvalue weighted by Gasteiger charge is 2.32. The van der Waals surface area contributed by atoms with Crippen molar-refractivity contribution < 1.29 is 14.3 Å². The van der Waals surface area contributed by atoms with Crippen LogP contribution in [0, 0.1) is 0 Å². The maximum Gasteiger partial charge on any atom is 0.266 e. The highest BCUT2D eigenvalue weighted by Crippen LogP contribution is 2.35. The van der Waals surface area contributed by atoms with E-state index in [4.69, 9.17) is 9.47 Å². The van der Waals surface area contributed by atoms with Crippen molar-refractivity contribution in [3.05, 3.63) is 53.1 Å². The van der Waals surface area contributed by atoms with Crippen molar-refractivity contribution in [1.29, 1.82) is 0 Å². The number of unbranched alkanes of at least 4 members (excludes halogenated alkanes) is 1. The summed E-state index contributed by atoms with van der Waals surface area (Å²) in [6.07, 6.45) is 5.60. The Morgan fingerprint density at radius 2 is 2.07 bits per heavy atom. The van der Waals surface area contributed by atoms with E-state index in [1.807, 2.05) is 49.4 Å². The summed E-state index contributed by atoms with van der Waals surface area (Å²) in [5.41, 5.74) is 0.871. The van der Waals surface area contributed by atoms with E-state index in [9.17, 15) is 4.79 Å². The Kier molecular flexibility index (Phi) is 7.30. The molecule has 1 aliphatic rings. The molecule has 29 heavy (non-hydrogen) atoms. The molecule has 1 aromatic heterocycles. The zero-order valence-electron chi connectivity index (χ0n) is 16.9. The van der Waals surface area contributed by atoms with E-state index in [1.54, 1.807) is 18.2 Å². The quantitative estimate of drug-likeness (QED) is 0.457. The molecule has 0 saturated carbocycles. The molecule has 1 fully saturated rings. The molecule has 1 amide bonds. The largest absolute Gasteiger partial charge is 0.493 e. The fourth-order valence-corrected chi connectivity index (χ4v) is 3.81. The molecule has 2 heterocycles. The van der Waals surface area contributed by atoms with Crippen LogP contribution in [-0.4, -0.2) is 41.2 Å². The fourth-order valence-electron chi connectivity index (χ4n) is 2.76. The fraction of sp³-hybridized carbons (Fsp3) is 0.318. The number of carbonyl (C=O) groups excluding carboxylic acids is 1. The summed E-state index contributed by atoms with van der Waals surface area (Å²) >= 11 is 1.35. The summed E-state index contributed by atoms with van der Waals surface area (Å²) in [4.78, 5) is 23.8. The lowest BCUT2D eigenvalue weighted by atomic mass is 10.2. The number of amidine groups is 1. The van der Waals surface area contributed by atoms with Gasteiger partial charge in [-0.15, -0.1) is 0 Å². The molecule has 0 radical (unpaired) electrons. The molecule has 0 bridgehead atoms. The van der Waals surface area contributed by atoms with Crippen LogP contribution in [0.4, 0.5) is 5.82 Å². The van der Waals surface area contributed by atoms with Gasteiger partial charge in [-0.1, -0.05) is 25.5 Å². The number of likely N-dealkylation sites (N-methyl/N-ethyl adjacent to an activating group) is 1. The van der Waals surface area contributed by atoms with Gasteiger partial charge in [0, 0.05) is 12.7 Å². The lowest BCUT2D eigenvalue weighted by Crippen LogP contribution is -2.28. The van der Waals surface area contributed by atoms with Crippen LogP contribution < -0.4 is 9.47 Å². The Labute approximate surface area is 175 Å². The number of ether oxygens (including phenoxy) is 2. The van der Waals surface area contributed by atoms with Crippen LogP contribution in [0.15, 0.2) is 52.5 Å². The molecule has 152 valence electrons. The number of thioether (sulfide) groups is 1. The molecule has 0 unspecified atom stereocenters. The molecule has 0 aliphatic carbocycles. The summed E-state index contributed by atoms with van der Waals surface area (Å²) < 4.78 is 11.2. The topological polar surface area (TPSA) is 64.0 Å². The summed E-state index contributed by atoms with van der Waals surface area (Å²) in [5.74, 6) is 1.88. The van der Waals surface area contributed by atoms with E-state index < -0.39 is 0 Å². The second-order valence-corrected chi connectivity index (χ2v) is 7.36. The molecule has 6 nitrogen and oxygen atoms in total. The van der Waals surface area contributed by atoms with Crippen molar-refractivity contribution >= 4 is 34.7 Å². The summed E-state index contributed by atoms with van der Waals surface area (Å²) in [6, 6.07) is 11.2. The number of amides is 1. The van der Waals surface area contributed by atoms with E-state index >= 15 is 0 Å².